The second-order valence-electron chi connectivity index (χ2n) is 4.50. The Morgan fingerprint density at radius 2 is 1.93 bits per heavy atom. The summed E-state index contributed by atoms with van der Waals surface area (Å²) in [4.78, 5) is 0. The smallest absolute Gasteiger partial charge is 0.171 e. The Hall–Kier alpha value is 0.140. The third-order valence-electron chi connectivity index (χ3n) is 2.66. The fourth-order valence-corrected chi connectivity index (χ4v) is 4.00. The van der Waals surface area contributed by atoms with Crippen LogP contribution < -0.4 is 0 Å². The zero-order valence-electron chi connectivity index (χ0n) is 8.77. The second-order valence-corrected chi connectivity index (χ2v) is 5.98. The first-order valence-electron chi connectivity index (χ1n) is 5.02. The topological polar surface area (TPSA) is 0 Å². The van der Waals surface area contributed by atoms with Gasteiger partial charge in [0.1, 0.15) is 0 Å². The summed E-state index contributed by atoms with van der Waals surface area (Å²) in [5.41, 5.74) is 0. The summed E-state index contributed by atoms with van der Waals surface area (Å²) in [5.74, 6) is 0.903. The van der Waals surface area contributed by atoms with E-state index in [1.807, 2.05) is 0 Å². The molecule has 84 valence electrons. The van der Waals surface area contributed by atoms with Gasteiger partial charge in [-0.1, -0.05) is 20.8 Å². The molecule has 0 radical (unpaired) electrons. The maximum atomic E-state index is 12.1. The van der Waals surface area contributed by atoms with Crippen molar-refractivity contribution in [2.24, 2.45) is 11.8 Å². The van der Waals surface area contributed by atoms with Gasteiger partial charge in [0.2, 0.25) is 0 Å². The average molecular weight is 226 g/mol. The molecule has 0 saturated carbocycles. The standard InChI is InChI=1S/C10H17F3S/c1-6(2)9-7(3)4-8(14-9)5-10(11,12)13/h6-9H,4-5H2,1-3H3. The maximum absolute atomic E-state index is 12.1. The summed E-state index contributed by atoms with van der Waals surface area (Å²) in [7, 11) is 0. The Morgan fingerprint density at radius 1 is 1.36 bits per heavy atom. The molecule has 4 heteroatoms. The van der Waals surface area contributed by atoms with E-state index in [9.17, 15) is 13.2 Å². The molecule has 1 aliphatic rings. The number of hydrogen-bond acceptors (Lipinski definition) is 1. The van der Waals surface area contributed by atoms with Crippen molar-refractivity contribution in [1.29, 1.82) is 0 Å². The molecule has 0 N–H and O–H groups in total. The van der Waals surface area contributed by atoms with Crippen molar-refractivity contribution in [2.75, 3.05) is 0 Å². The third-order valence-corrected chi connectivity index (χ3v) is 4.73. The van der Waals surface area contributed by atoms with E-state index < -0.39 is 12.6 Å². The summed E-state index contributed by atoms with van der Waals surface area (Å²) in [6.07, 6.45) is -3.90. The molecule has 1 heterocycles. The molecule has 1 aliphatic heterocycles. The predicted molar refractivity (Wildman–Crippen MR) is 54.5 cm³/mol. The minimum Gasteiger partial charge on any atom is -0.171 e. The van der Waals surface area contributed by atoms with Crippen molar-refractivity contribution < 1.29 is 13.2 Å². The van der Waals surface area contributed by atoms with E-state index in [1.165, 1.54) is 11.8 Å². The molecule has 0 aromatic rings. The number of alkyl halides is 3. The van der Waals surface area contributed by atoms with Crippen molar-refractivity contribution in [3.63, 3.8) is 0 Å². The Labute approximate surface area is 87.6 Å². The van der Waals surface area contributed by atoms with Gasteiger partial charge >= 0.3 is 6.18 Å². The van der Waals surface area contributed by atoms with Crippen LogP contribution in [0, 0.1) is 11.8 Å². The molecule has 0 spiro atoms. The number of rotatable bonds is 2. The maximum Gasteiger partial charge on any atom is 0.390 e. The molecule has 0 aromatic heterocycles. The molecule has 1 saturated heterocycles. The quantitative estimate of drug-likeness (QED) is 0.683. The normalized spacial score (nSPS) is 34.1. The van der Waals surface area contributed by atoms with Crippen molar-refractivity contribution in [3.05, 3.63) is 0 Å². The van der Waals surface area contributed by atoms with Gasteiger partial charge in [-0.3, -0.25) is 0 Å². The van der Waals surface area contributed by atoms with E-state index in [-0.39, 0.29) is 5.25 Å². The number of thioether (sulfide) groups is 1. The van der Waals surface area contributed by atoms with Crippen LogP contribution in [0.15, 0.2) is 0 Å². The van der Waals surface area contributed by atoms with E-state index in [4.69, 9.17) is 0 Å². The highest BCUT2D eigenvalue weighted by molar-refractivity contribution is 8.00. The molecule has 1 fully saturated rings. The molecule has 14 heavy (non-hydrogen) atoms. The van der Waals surface area contributed by atoms with Gasteiger partial charge in [-0.2, -0.15) is 24.9 Å². The van der Waals surface area contributed by atoms with Crippen LogP contribution >= 0.6 is 11.8 Å². The van der Waals surface area contributed by atoms with Crippen LogP contribution in [0.4, 0.5) is 13.2 Å². The zero-order valence-corrected chi connectivity index (χ0v) is 9.58. The first-order valence-corrected chi connectivity index (χ1v) is 5.96. The van der Waals surface area contributed by atoms with Crippen molar-refractivity contribution in [2.45, 2.75) is 50.3 Å². The van der Waals surface area contributed by atoms with Crippen LogP contribution in [0.2, 0.25) is 0 Å². The average Bonchev–Trinajstić information content (AvgIpc) is 2.26. The SMILES string of the molecule is CC(C)C1SC(CC(F)(F)F)CC1C. The van der Waals surface area contributed by atoms with Crippen LogP contribution in [-0.2, 0) is 0 Å². The van der Waals surface area contributed by atoms with E-state index in [1.54, 1.807) is 0 Å². The largest absolute Gasteiger partial charge is 0.390 e. The lowest BCUT2D eigenvalue weighted by atomic mass is 9.94. The Kier molecular flexibility index (Phi) is 3.78. The van der Waals surface area contributed by atoms with Crippen LogP contribution in [0.1, 0.15) is 33.6 Å². The first kappa shape index (κ1) is 12.2. The van der Waals surface area contributed by atoms with Gasteiger partial charge in [0.15, 0.2) is 0 Å². The van der Waals surface area contributed by atoms with Gasteiger partial charge in [0.05, 0.1) is 6.42 Å². The zero-order chi connectivity index (χ0) is 10.9. The van der Waals surface area contributed by atoms with Crippen molar-refractivity contribution in [1.82, 2.24) is 0 Å². The van der Waals surface area contributed by atoms with E-state index in [2.05, 4.69) is 20.8 Å². The highest BCUT2D eigenvalue weighted by atomic mass is 32.2. The minimum atomic E-state index is -4.00. The van der Waals surface area contributed by atoms with Crippen LogP contribution in [0.3, 0.4) is 0 Å². The fourth-order valence-electron chi connectivity index (χ4n) is 2.16. The molecular formula is C10H17F3S. The molecule has 0 bridgehead atoms. The molecule has 0 aliphatic carbocycles. The fraction of sp³-hybridized carbons (Fsp3) is 1.00. The summed E-state index contributed by atoms with van der Waals surface area (Å²) < 4.78 is 36.4. The summed E-state index contributed by atoms with van der Waals surface area (Å²) in [6, 6.07) is 0. The lowest BCUT2D eigenvalue weighted by molar-refractivity contribution is -0.134. The third kappa shape index (κ3) is 3.37. The van der Waals surface area contributed by atoms with Crippen molar-refractivity contribution >= 4 is 11.8 Å². The molecule has 3 atom stereocenters. The van der Waals surface area contributed by atoms with Crippen molar-refractivity contribution in [3.8, 4) is 0 Å². The van der Waals surface area contributed by atoms with Gasteiger partial charge in [-0.05, 0) is 18.3 Å². The number of halogens is 3. The Morgan fingerprint density at radius 3 is 2.29 bits per heavy atom. The second kappa shape index (κ2) is 4.33. The summed E-state index contributed by atoms with van der Waals surface area (Å²) in [5, 5.41) is 0.194. The molecule has 0 aromatic carbocycles. The Bertz CT molecular complexity index is 188. The van der Waals surface area contributed by atoms with Gasteiger partial charge < -0.3 is 0 Å². The van der Waals surface area contributed by atoms with Gasteiger partial charge in [-0.25, -0.2) is 0 Å². The minimum absolute atomic E-state index is 0.211. The van der Waals surface area contributed by atoms with Gasteiger partial charge in [-0.15, -0.1) is 0 Å². The number of hydrogen-bond donors (Lipinski definition) is 0. The van der Waals surface area contributed by atoms with Gasteiger partial charge in [0, 0.05) is 10.5 Å². The molecule has 0 nitrogen and oxygen atoms in total. The highest BCUT2D eigenvalue weighted by Gasteiger charge is 2.40. The Balaban J connectivity index is 2.47. The van der Waals surface area contributed by atoms with Crippen LogP contribution in [0.25, 0.3) is 0 Å². The molecular weight excluding hydrogens is 209 g/mol. The summed E-state index contributed by atoms with van der Waals surface area (Å²) in [6.45, 7) is 6.24. The lowest BCUT2D eigenvalue weighted by Gasteiger charge is -2.18. The highest BCUT2D eigenvalue weighted by Crippen LogP contribution is 2.45. The van der Waals surface area contributed by atoms with Crippen LogP contribution in [0.5, 0.6) is 0 Å². The van der Waals surface area contributed by atoms with Gasteiger partial charge in [0.25, 0.3) is 0 Å². The lowest BCUT2D eigenvalue weighted by Crippen LogP contribution is -2.15. The molecule has 0 amide bonds. The van der Waals surface area contributed by atoms with E-state index in [0.29, 0.717) is 23.5 Å². The van der Waals surface area contributed by atoms with E-state index >= 15 is 0 Å². The molecule has 3 unspecified atom stereocenters. The van der Waals surface area contributed by atoms with E-state index in [0.717, 1.165) is 0 Å². The van der Waals surface area contributed by atoms with Crippen LogP contribution in [-0.4, -0.2) is 16.7 Å². The predicted octanol–water partition coefficient (Wildman–Crippen LogP) is 4.11. The first-order chi connectivity index (χ1) is 6.29. The molecule has 1 rings (SSSR count). The monoisotopic (exact) mass is 226 g/mol. The summed E-state index contributed by atoms with van der Waals surface area (Å²) >= 11 is 1.53.